The van der Waals surface area contributed by atoms with Gasteiger partial charge in [0.2, 0.25) is 0 Å². The van der Waals surface area contributed by atoms with Crippen LogP contribution in [0.4, 0.5) is 0 Å². The number of rotatable bonds is 5. The third-order valence-electron chi connectivity index (χ3n) is 4.91. The molecule has 106 valence electrons. The largest absolute Gasteiger partial charge is 0.313 e. The van der Waals surface area contributed by atoms with Crippen LogP contribution < -0.4 is 5.32 Å². The maximum absolute atomic E-state index is 3.72. The topological polar surface area (TPSA) is 15.3 Å². The Labute approximate surface area is 114 Å². The van der Waals surface area contributed by atoms with Gasteiger partial charge < -0.3 is 5.32 Å². The molecule has 2 heteroatoms. The van der Waals surface area contributed by atoms with Gasteiger partial charge in [0.15, 0.2) is 0 Å². The highest BCUT2D eigenvalue weighted by molar-refractivity contribution is 4.84. The molecule has 0 radical (unpaired) electrons. The lowest BCUT2D eigenvalue weighted by Gasteiger charge is -2.41. The quantitative estimate of drug-likeness (QED) is 0.806. The molecule has 2 aliphatic rings. The summed E-state index contributed by atoms with van der Waals surface area (Å²) < 4.78 is 0. The summed E-state index contributed by atoms with van der Waals surface area (Å²) in [5.74, 6) is 0.911. The molecule has 2 nitrogen and oxygen atoms in total. The van der Waals surface area contributed by atoms with Gasteiger partial charge in [0, 0.05) is 18.6 Å². The van der Waals surface area contributed by atoms with Gasteiger partial charge in [-0.05, 0) is 51.1 Å². The molecule has 0 aromatic heterocycles. The van der Waals surface area contributed by atoms with Crippen molar-refractivity contribution in [1.82, 2.24) is 10.2 Å². The van der Waals surface area contributed by atoms with Crippen LogP contribution in [0.15, 0.2) is 0 Å². The smallest absolute Gasteiger partial charge is 0.0195 e. The van der Waals surface area contributed by atoms with E-state index in [1.165, 1.54) is 71.0 Å². The van der Waals surface area contributed by atoms with E-state index >= 15 is 0 Å². The van der Waals surface area contributed by atoms with Crippen LogP contribution in [0.3, 0.4) is 0 Å². The van der Waals surface area contributed by atoms with Crippen molar-refractivity contribution in [3.05, 3.63) is 0 Å². The van der Waals surface area contributed by atoms with Crippen LogP contribution in [-0.2, 0) is 0 Å². The zero-order chi connectivity index (χ0) is 12.8. The Hall–Kier alpha value is -0.0800. The predicted molar refractivity (Wildman–Crippen MR) is 78.9 cm³/mol. The normalized spacial score (nSPS) is 33.8. The van der Waals surface area contributed by atoms with Gasteiger partial charge in [-0.3, -0.25) is 4.90 Å². The van der Waals surface area contributed by atoms with Crippen LogP contribution in [0.1, 0.15) is 65.2 Å². The molecule has 0 amide bonds. The maximum Gasteiger partial charge on any atom is 0.0195 e. The molecule has 2 rings (SSSR count). The standard InChI is InChI=1S/C16H32N2/c1-3-12-18(13-15-9-6-7-11-17-15)16-10-5-4-8-14(16)2/h14-17H,3-13H2,1-2H3. The van der Waals surface area contributed by atoms with Crippen molar-refractivity contribution >= 4 is 0 Å². The fourth-order valence-corrected chi connectivity index (χ4v) is 3.88. The Bertz CT molecular complexity index is 223. The van der Waals surface area contributed by atoms with Crippen molar-refractivity contribution in [3.8, 4) is 0 Å². The molecule has 3 unspecified atom stereocenters. The second kappa shape index (κ2) is 7.49. The van der Waals surface area contributed by atoms with Gasteiger partial charge in [-0.2, -0.15) is 0 Å². The maximum atomic E-state index is 3.72. The minimum atomic E-state index is 0.763. The third kappa shape index (κ3) is 3.96. The molecular formula is C16H32N2. The summed E-state index contributed by atoms with van der Waals surface area (Å²) in [6.07, 6.45) is 11.3. The van der Waals surface area contributed by atoms with Crippen LogP contribution in [0.5, 0.6) is 0 Å². The first-order chi connectivity index (χ1) is 8.81. The van der Waals surface area contributed by atoms with Crippen LogP contribution in [0.25, 0.3) is 0 Å². The molecule has 0 aromatic rings. The van der Waals surface area contributed by atoms with Gasteiger partial charge in [0.1, 0.15) is 0 Å². The SMILES string of the molecule is CCCN(CC1CCCCN1)C1CCCCC1C. The molecule has 3 atom stereocenters. The summed E-state index contributed by atoms with van der Waals surface area (Å²) in [5, 5.41) is 3.72. The van der Waals surface area contributed by atoms with E-state index in [1.807, 2.05) is 0 Å². The molecular weight excluding hydrogens is 220 g/mol. The molecule has 0 aromatic carbocycles. The van der Waals surface area contributed by atoms with Gasteiger partial charge in [0.25, 0.3) is 0 Å². The fourth-order valence-electron chi connectivity index (χ4n) is 3.88. The van der Waals surface area contributed by atoms with E-state index in [2.05, 4.69) is 24.1 Å². The van der Waals surface area contributed by atoms with E-state index in [9.17, 15) is 0 Å². The number of nitrogens with zero attached hydrogens (tertiary/aromatic N) is 1. The predicted octanol–water partition coefficient (Wildman–Crippen LogP) is 3.42. The first kappa shape index (κ1) is 14.3. The van der Waals surface area contributed by atoms with Crippen LogP contribution in [-0.4, -0.2) is 36.6 Å². The third-order valence-corrected chi connectivity index (χ3v) is 4.91. The minimum absolute atomic E-state index is 0.763. The van der Waals surface area contributed by atoms with Gasteiger partial charge in [-0.1, -0.05) is 33.1 Å². The lowest BCUT2D eigenvalue weighted by atomic mass is 9.84. The van der Waals surface area contributed by atoms with E-state index in [-0.39, 0.29) is 0 Å². The van der Waals surface area contributed by atoms with Crippen LogP contribution in [0.2, 0.25) is 0 Å². The van der Waals surface area contributed by atoms with Crippen molar-refractivity contribution in [2.24, 2.45) is 5.92 Å². The monoisotopic (exact) mass is 252 g/mol. The summed E-state index contributed by atoms with van der Waals surface area (Å²) in [5.41, 5.74) is 0. The highest BCUT2D eigenvalue weighted by Gasteiger charge is 2.28. The number of hydrogen-bond donors (Lipinski definition) is 1. The average Bonchev–Trinajstić information content (AvgIpc) is 2.40. The van der Waals surface area contributed by atoms with Crippen LogP contribution in [0, 0.1) is 5.92 Å². The Morgan fingerprint density at radius 3 is 2.50 bits per heavy atom. The highest BCUT2D eigenvalue weighted by Crippen LogP contribution is 2.28. The van der Waals surface area contributed by atoms with Gasteiger partial charge in [-0.25, -0.2) is 0 Å². The van der Waals surface area contributed by atoms with Crippen molar-refractivity contribution in [3.63, 3.8) is 0 Å². The number of hydrogen-bond acceptors (Lipinski definition) is 2. The second-order valence-electron chi connectivity index (χ2n) is 6.47. The molecule has 18 heavy (non-hydrogen) atoms. The number of piperidine rings is 1. The second-order valence-corrected chi connectivity index (χ2v) is 6.47. The molecule has 1 N–H and O–H groups in total. The lowest BCUT2D eigenvalue weighted by Crippen LogP contribution is -2.50. The molecule has 0 spiro atoms. The summed E-state index contributed by atoms with van der Waals surface area (Å²) in [6, 6.07) is 1.63. The summed E-state index contributed by atoms with van der Waals surface area (Å²) in [4.78, 5) is 2.81. The summed E-state index contributed by atoms with van der Waals surface area (Å²) in [7, 11) is 0. The molecule has 1 saturated heterocycles. The molecule has 0 bridgehead atoms. The van der Waals surface area contributed by atoms with Crippen molar-refractivity contribution in [2.75, 3.05) is 19.6 Å². The summed E-state index contributed by atoms with van der Waals surface area (Å²) >= 11 is 0. The first-order valence-electron chi connectivity index (χ1n) is 8.28. The van der Waals surface area contributed by atoms with Gasteiger partial charge >= 0.3 is 0 Å². The van der Waals surface area contributed by atoms with Crippen molar-refractivity contribution in [2.45, 2.75) is 77.3 Å². The summed E-state index contributed by atoms with van der Waals surface area (Å²) in [6.45, 7) is 8.64. The molecule has 1 aliphatic carbocycles. The van der Waals surface area contributed by atoms with Crippen molar-refractivity contribution in [1.29, 1.82) is 0 Å². The van der Waals surface area contributed by atoms with E-state index in [4.69, 9.17) is 0 Å². The average molecular weight is 252 g/mol. The van der Waals surface area contributed by atoms with E-state index in [0.29, 0.717) is 0 Å². The van der Waals surface area contributed by atoms with Crippen molar-refractivity contribution < 1.29 is 0 Å². The zero-order valence-corrected chi connectivity index (χ0v) is 12.5. The van der Waals surface area contributed by atoms with E-state index in [0.717, 1.165) is 18.0 Å². The lowest BCUT2D eigenvalue weighted by molar-refractivity contribution is 0.0961. The number of nitrogens with one attached hydrogen (secondary N) is 1. The minimum Gasteiger partial charge on any atom is -0.313 e. The molecule has 1 saturated carbocycles. The molecule has 2 fully saturated rings. The van der Waals surface area contributed by atoms with Gasteiger partial charge in [-0.15, -0.1) is 0 Å². The Morgan fingerprint density at radius 1 is 1.06 bits per heavy atom. The van der Waals surface area contributed by atoms with Crippen LogP contribution >= 0.6 is 0 Å². The molecule has 1 heterocycles. The van der Waals surface area contributed by atoms with E-state index < -0.39 is 0 Å². The first-order valence-corrected chi connectivity index (χ1v) is 8.28. The molecule has 1 aliphatic heterocycles. The highest BCUT2D eigenvalue weighted by atomic mass is 15.2. The Balaban J connectivity index is 1.88. The Kier molecular flexibility index (Phi) is 5.97. The van der Waals surface area contributed by atoms with E-state index in [1.54, 1.807) is 0 Å². The fraction of sp³-hybridized carbons (Fsp3) is 1.00. The Morgan fingerprint density at radius 2 is 1.83 bits per heavy atom. The van der Waals surface area contributed by atoms with Gasteiger partial charge in [0.05, 0.1) is 0 Å². The zero-order valence-electron chi connectivity index (χ0n) is 12.5.